The van der Waals surface area contributed by atoms with Crippen molar-refractivity contribution in [2.75, 3.05) is 31.1 Å². The number of rotatable bonds is 2. The number of piperazine rings is 1. The molecule has 74 valence electrons. The third-order valence-corrected chi connectivity index (χ3v) is 2.34. The van der Waals surface area contributed by atoms with Gasteiger partial charge in [0.1, 0.15) is 5.82 Å². The second kappa shape index (κ2) is 4.04. The molecule has 0 spiro atoms. The lowest BCUT2D eigenvalue weighted by Gasteiger charge is -2.32. The highest BCUT2D eigenvalue weighted by Crippen LogP contribution is 2.09. The zero-order valence-electron chi connectivity index (χ0n) is 7.83. The predicted octanol–water partition coefficient (Wildman–Crippen LogP) is -0.245. The van der Waals surface area contributed by atoms with Gasteiger partial charge >= 0.3 is 0 Å². The summed E-state index contributed by atoms with van der Waals surface area (Å²) in [6.45, 7) is 3.19. The van der Waals surface area contributed by atoms with Crippen LogP contribution in [0.3, 0.4) is 0 Å². The summed E-state index contributed by atoms with van der Waals surface area (Å²) < 4.78 is 0. The van der Waals surface area contributed by atoms with Gasteiger partial charge in [0.05, 0.1) is 6.20 Å². The van der Waals surface area contributed by atoms with Crippen molar-refractivity contribution in [2.45, 2.75) is 0 Å². The molecular weight excluding hydrogens is 180 g/mol. The molecular formula is C9H12N4O. The van der Waals surface area contributed by atoms with Gasteiger partial charge in [0.2, 0.25) is 6.41 Å². The van der Waals surface area contributed by atoms with Gasteiger partial charge in [-0.25, -0.2) is 4.98 Å². The number of carbonyl (C=O) groups is 1. The summed E-state index contributed by atoms with van der Waals surface area (Å²) in [5.41, 5.74) is 0. The van der Waals surface area contributed by atoms with Crippen molar-refractivity contribution in [3.8, 4) is 0 Å². The molecule has 1 aromatic heterocycles. The molecule has 0 N–H and O–H groups in total. The number of amides is 1. The summed E-state index contributed by atoms with van der Waals surface area (Å²) in [6, 6.07) is 0. The topological polar surface area (TPSA) is 49.3 Å². The summed E-state index contributed by atoms with van der Waals surface area (Å²) in [5.74, 6) is 0.887. The van der Waals surface area contributed by atoms with E-state index < -0.39 is 0 Å². The van der Waals surface area contributed by atoms with Gasteiger partial charge in [0, 0.05) is 38.6 Å². The highest BCUT2D eigenvalue weighted by Gasteiger charge is 2.16. The first-order valence-electron chi connectivity index (χ1n) is 4.60. The van der Waals surface area contributed by atoms with Crippen molar-refractivity contribution in [1.82, 2.24) is 14.9 Å². The van der Waals surface area contributed by atoms with Crippen molar-refractivity contribution >= 4 is 12.2 Å². The van der Waals surface area contributed by atoms with Crippen LogP contribution >= 0.6 is 0 Å². The summed E-state index contributed by atoms with van der Waals surface area (Å²) in [7, 11) is 0. The molecule has 0 atom stereocenters. The molecule has 1 aromatic rings. The first-order valence-corrected chi connectivity index (χ1v) is 4.60. The minimum Gasteiger partial charge on any atom is -0.352 e. The summed E-state index contributed by atoms with van der Waals surface area (Å²) in [6.07, 6.45) is 5.98. The Hall–Kier alpha value is -1.65. The quantitative estimate of drug-likeness (QED) is 0.606. The molecule has 1 fully saturated rings. The largest absolute Gasteiger partial charge is 0.352 e. The molecule has 0 bridgehead atoms. The van der Waals surface area contributed by atoms with E-state index in [1.165, 1.54) is 0 Å². The molecule has 5 nitrogen and oxygen atoms in total. The number of hydrogen-bond donors (Lipinski definition) is 0. The van der Waals surface area contributed by atoms with Gasteiger partial charge in [-0.05, 0) is 0 Å². The van der Waals surface area contributed by atoms with E-state index in [-0.39, 0.29) is 0 Å². The van der Waals surface area contributed by atoms with E-state index in [2.05, 4.69) is 14.9 Å². The van der Waals surface area contributed by atoms with Crippen LogP contribution < -0.4 is 4.90 Å². The zero-order chi connectivity index (χ0) is 9.80. The Morgan fingerprint density at radius 1 is 1.21 bits per heavy atom. The highest BCUT2D eigenvalue weighted by atomic mass is 16.1. The normalized spacial score (nSPS) is 16.9. The van der Waals surface area contributed by atoms with Crippen LogP contribution in [0, 0.1) is 0 Å². The van der Waals surface area contributed by atoms with Gasteiger partial charge in [-0.15, -0.1) is 0 Å². The van der Waals surface area contributed by atoms with Crippen LogP contribution in [-0.4, -0.2) is 47.5 Å². The molecule has 2 rings (SSSR count). The smallest absolute Gasteiger partial charge is 0.209 e. The maximum absolute atomic E-state index is 10.5. The Labute approximate surface area is 82.4 Å². The van der Waals surface area contributed by atoms with Crippen molar-refractivity contribution in [3.05, 3.63) is 18.6 Å². The highest BCUT2D eigenvalue weighted by molar-refractivity contribution is 5.48. The average molecular weight is 192 g/mol. The van der Waals surface area contributed by atoms with Crippen molar-refractivity contribution < 1.29 is 4.79 Å². The number of anilines is 1. The number of aromatic nitrogens is 2. The maximum Gasteiger partial charge on any atom is 0.209 e. The zero-order valence-corrected chi connectivity index (χ0v) is 7.83. The van der Waals surface area contributed by atoms with Crippen LogP contribution in [0.15, 0.2) is 18.6 Å². The van der Waals surface area contributed by atoms with E-state index in [4.69, 9.17) is 0 Å². The van der Waals surface area contributed by atoms with Crippen molar-refractivity contribution in [1.29, 1.82) is 0 Å². The molecule has 1 saturated heterocycles. The lowest BCUT2D eigenvalue weighted by atomic mass is 10.3. The molecule has 0 aliphatic carbocycles. The molecule has 1 aliphatic rings. The van der Waals surface area contributed by atoms with E-state index in [1.807, 2.05) is 0 Å². The molecule has 2 heterocycles. The third kappa shape index (κ3) is 1.81. The number of hydrogen-bond acceptors (Lipinski definition) is 4. The third-order valence-electron chi connectivity index (χ3n) is 2.34. The lowest BCUT2D eigenvalue weighted by molar-refractivity contribution is -0.118. The van der Waals surface area contributed by atoms with Crippen molar-refractivity contribution in [3.63, 3.8) is 0 Å². The molecule has 0 unspecified atom stereocenters. The Bertz CT molecular complexity index is 295. The van der Waals surface area contributed by atoms with E-state index in [0.717, 1.165) is 38.4 Å². The summed E-state index contributed by atoms with van der Waals surface area (Å²) in [5, 5.41) is 0. The minimum atomic E-state index is 0.764. The number of nitrogens with zero attached hydrogens (tertiary/aromatic N) is 4. The van der Waals surface area contributed by atoms with Crippen LogP contribution in [0.25, 0.3) is 0 Å². The monoisotopic (exact) mass is 192 g/mol. The summed E-state index contributed by atoms with van der Waals surface area (Å²) in [4.78, 5) is 22.6. The van der Waals surface area contributed by atoms with E-state index in [1.54, 1.807) is 23.5 Å². The average Bonchev–Trinajstić information content (AvgIpc) is 2.30. The van der Waals surface area contributed by atoms with Gasteiger partial charge in [0.15, 0.2) is 0 Å². The lowest BCUT2D eigenvalue weighted by Crippen LogP contribution is -2.46. The van der Waals surface area contributed by atoms with Gasteiger partial charge in [0.25, 0.3) is 0 Å². The molecule has 0 aromatic carbocycles. The standard InChI is InChI=1S/C9H12N4O/c14-8-12-3-5-13(6-4-12)9-7-10-1-2-11-9/h1-2,7-8H,3-6H2. The van der Waals surface area contributed by atoms with E-state index in [9.17, 15) is 4.79 Å². The fourth-order valence-corrected chi connectivity index (χ4v) is 1.51. The second-order valence-corrected chi connectivity index (χ2v) is 3.19. The molecule has 0 radical (unpaired) electrons. The molecule has 5 heteroatoms. The van der Waals surface area contributed by atoms with Crippen LogP contribution in [-0.2, 0) is 4.79 Å². The predicted molar refractivity (Wildman–Crippen MR) is 51.9 cm³/mol. The Balaban J connectivity index is 1.99. The van der Waals surface area contributed by atoms with Crippen LogP contribution in [0.4, 0.5) is 5.82 Å². The van der Waals surface area contributed by atoms with Crippen molar-refractivity contribution in [2.24, 2.45) is 0 Å². The Kier molecular flexibility index (Phi) is 2.58. The van der Waals surface area contributed by atoms with Gasteiger partial charge in [-0.2, -0.15) is 0 Å². The molecule has 0 saturated carbocycles. The Morgan fingerprint density at radius 2 is 2.00 bits per heavy atom. The van der Waals surface area contributed by atoms with E-state index >= 15 is 0 Å². The molecule has 14 heavy (non-hydrogen) atoms. The maximum atomic E-state index is 10.5. The van der Waals surface area contributed by atoms with Crippen LogP contribution in [0.5, 0.6) is 0 Å². The summed E-state index contributed by atoms with van der Waals surface area (Å²) >= 11 is 0. The van der Waals surface area contributed by atoms with Crippen LogP contribution in [0.2, 0.25) is 0 Å². The van der Waals surface area contributed by atoms with Gasteiger partial charge < -0.3 is 9.80 Å². The number of carbonyl (C=O) groups excluding carboxylic acids is 1. The molecule has 1 aliphatic heterocycles. The molecule has 1 amide bonds. The fourth-order valence-electron chi connectivity index (χ4n) is 1.51. The van der Waals surface area contributed by atoms with E-state index in [0.29, 0.717) is 0 Å². The SMILES string of the molecule is O=CN1CCN(c2cnccn2)CC1. The van der Waals surface area contributed by atoms with Crippen LogP contribution in [0.1, 0.15) is 0 Å². The first kappa shape index (κ1) is 8.93. The Morgan fingerprint density at radius 3 is 2.57 bits per heavy atom. The fraction of sp³-hybridized carbons (Fsp3) is 0.444. The first-order chi connectivity index (χ1) is 6.90. The second-order valence-electron chi connectivity index (χ2n) is 3.19. The van der Waals surface area contributed by atoms with Gasteiger partial charge in [-0.1, -0.05) is 0 Å². The van der Waals surface area contributed by atoms with Gasteiger partial charge in [-0.3, -0.25) is 9.78 Å². The minimum absolute atomic E-state index is 0.764.